The van der Waals surface area contributed by atoms with Crippen molar-refractivity contribution in [1.29, 1.82) is 0 Å². The molecule has 0 unspecified atom stereocenters. The summed E-state index contributed by atoms with van der Waals surface area (Å²) in [6, 6.07) is 4.12. The third kappa shape index (κ3) is 1.26. The van der Waals surface area contributed by atoms with E-state index in [1.807, 2.05) is 17.8 Å². The lowest BCUT2D eigenvalue weighted by Crippen LogP contribution is -2.16. The lowest BCUT2D eigenvalue weighted by atomic mass is 10.3. The third-order valence-corrected chi connectivity index (χ3v) is 1.51. The lowest BCUT2D eigenvalue weighted by molar-refractivity contribution is 0.824. The van der Waals surface area contributed by atoms with E-state index < -0.39 is 0 Å². The van der Waals surface area contributed by atoms with Crippen LogP contribution in [0.4, 0.5) is 0 Å². The maximum Gasteiger partial charge on any atom is 0.127 e. The van der Waals surface area contributed by atoms with Crippen molar-refractivity contribution in [3.05, 3.63) is 29.4 Å². The Labute approximate surface area is 60.9 Å². The van der Waals surface area contributed by atoms with Crippen molar-refractivity contribution in [3.8, 4) is 0 Å². The molecule has 2 heteroatoms. The number of pyridine rings is 1. The number of rotatable bonds is 0. The van der Waals surface area contributed by atoms with Crippen molar-refractivity contribution < 1.29 is 0 Å². The van der Waals surface area contributed by atoms with Crippen LogP contribution in [0.1, 0.15) is 5.56 Å². The minimum atomic E-state index is 1.01. The third-order valence-electron chi connectivity index (χ3n) is 1.51. The summed E-state index contributed by atoms with van der Waals surface area (Å²) in [5.41, 5.74) is 2.26. The van der Waals surface area contributed by atoms with E-state index in [9.17, 15) is 0 Å². The highest BCUT2D eigenvalue weighted by Gasteiger charge is 1.85. The highest BCUT2D eigenvalue weighted by Crippen LogP contribution is 1.87. The van der Waals surface area contributed by atoms with Gasteiger partial charge in [0.2, 0.25) is 0 Å². The van der Waals surface area contributed by atoms with Gasteiger partial charge in [-0.05, 0) is 24.6 Å². The molecule has 0 spiro atoms. The molecule has 0 aliphatic heterocycles. The SMILES string of the molecule is CN=c1cc(C)ccn1C. The summed E-state index contributed by atoms with van der Waals surface area (Å²) in [6.07, 6.45) is 2.01. The summed E-state index contributed by atoms with van der Waals surface area (Å²) >= 11 is 0. The summed E-state index contributed by atoms with van der Waals surface area (Å²) in [5.74, 6) is 0. The molecule has 0 aromatic carbocycles. The van der Waals surface area contributed by atoms with Gasteiger partial charge in [0.05, 0.1) is 0 Å². The first-order valence-corrected chi connectivity index (χ1v) is 3.30. The first-order valence-electron chi connectivity index (χ1n) is 3.30. The molecule has 1 aromatic heterocycles. The van der Waals surface area contributed by atoms with Gasteiger partial charge < -0.3 is 4.57 Å². The summed E-state index contributed by atoms with van der Waals surface area (Å²) in [6.45, 7) is 2.06. The Morgan fingerprint density at radius 2 is 2.20 bits per heavy atom. The fraction of sp³-hybridized carbons (Fsp3) is 0.375. The maximum absolute atomic E-state index is 4.09. The maximum atomic E-state index is 4.09. The molecule has 0 radical (unpaired) electrons. The summed E-state index contributed by atoms with van der Waals surface area (Å²) in [4.78, 5) is 4.09. The first kappa shape index (κ1) is 7.06. The van der Waals surface area contributed by atoms with Crippen LogP contribution in [0.25, 0.3) is 0 Å². The molecule has 0 fully saturated rings. The van der Waals surface area contributed by atoms with Crippen molar-refractivity contribution in [3.63, 3.8) is 0 Å². The van der Waals surface area contributed by atoms with Gasteiger partial charge in [0.1, 0.15) is 5.49 Å². The van der Waals surface area contributed by atoms with E-state index in [1.54, 1.807) is 7.05 Å². The van der Waals surface area contributed by atoms with Crippen LogP contribution in [0.3, 0.4) is 0 Å². The molecule has 0 amide bonds. The average molecular weight is 136 g/mol. The van der Waals surface area contributed by atoms with Gasteiger partial charge in [0.15, 0.2) is 0 Å². The minimum Gasteiger partial charge on any atom is -0.336 e. The Morgan fingerprint density at radius 1 is 1.50 bits per heavy atom. The predicted molar refractivity (Wildman–Crippen MR) is 41.6 cm³/mol. The van der Waals surface area contributed by atoms with Crippen molar-refractivity contribution in [2.75, 3.05) is 7.05 Å². The smallest absolute Gasteiger partial charge is 0.127 e. The molecule has 1 rings (SSSR count). The number of aryl methyl sites for hydroxylation is 2. The largest absolute Gasteiger partial charge is 0.336 e. The van der Waals surface area contributed by atoms with Crippen molar-refractivity contribution in [2.24, 2.45) is 12.0 Å². The molecule has 1 aromatic rings. The zero-order valence-electron chi connectivity index (χ0n) is 6.63. The fourth-order valence-electron chi connectivity index (χ4n) is 0.882. The van der Waals surface area contributed by atoms with Crippen LogP contribution >= 0.6 is 0 Å². The van der Waals surface area contributed by atoms with Gasteiger partial charge in [-0.3, -0.25) is 4.99 Å². The highest BCUT2D eigenvalue weighted by molar-refractivity contribution is 5.07. The van der Waals surface area contributed by atoms with E-state index in [1.165, 1.54) is 5.56 Å². The van der Waals surface area contributed by atoms with Gasteiger partial charge in [0.25, 0.3) is 0 Å². The Morgan fingerprint density at radius 3 is 2.70 bits per heavy atom. The number of nitrogens with zero attached hydrogens (tertiary/aromatic N) is 2. The Bertz CT molecular complexity index is 284. The standard InChI is InChI=1S/C8H12N2/c1-7-4-5-10(3)8(6-7)9-2/h4-6H,1-3H3. The average Bonchev–Trinajstić information content (AvgIpc) is 1.94. The summed E-state index contributed by atoms with van der Waals surface area (Å²) < 4.78 is 1.99. The fourth-order valence-corrected chi connectivity index (χ4v) is 0.882. The molecule has 0 saturated heterocycles. The van der Waals surface area contributed by atoms with E-state index in [4.69, 9.17) is 0 Å². The van der Waals surface area contributed by atoms with Gasteiger partial charge in [0, 0.05) is 20.3 Å². The van der Waals surface area contributed by atoms with Crippen LogP contribution in [0, 0.1) is 6.92 Å². The van der Waals surface area contributed by atoms with Crippen LogP contribution in [-0.2, 0) is 7.05 Å². The van der Waals surface area contributed by atoms with Crippen molar-refractivity contribution >= 4 is 0 Å². The van der Waals surface area contributed by atoms with Crippen molar-refractivity contribution in [1.82, 2.24) is 4.57 Å². The van der Waals surface area contributed by atoms with Gasteiger partial charge in [-0.2, -0.15) is 0 Å². The topological polar surface area (TPSA) is 17.3 Å². The molecule has 0 N–H and O–H groups in total. The molecule has 0 atom stereocenters. The number of aromatic nitrogens is 1. The van der Waals surface area contributed by atoms with E-state index in [2.05, 4.69) is 24.0 Å². The van der Waals surface area contributed by atoms with Crippen molar-refractivity contribution in [2.45, 2.75) is 6.92 Å². The minimum absolute atomic E-state index is 1.01. The first-order chi connectivity index (χ1) is 4.74. The van der Waals surface area contributed by atoms with Gasteiger partial charge in [-0.1, -0.05) is 0 Å². The molecule has 0 bridgehead atoms. The Kier molecular flexibility index (Phi) is 1.90. The van der Waals surface area contributed by atoms with Crippen LogP contribution < -0.4 is 5.49 Å². The lowest BCUT2D eigenvalue weighted by Gasteiger charge is -1.98. The second-order valence-electron chi connectivity index (χ2n) is 2.40. The molecular formula is C8H12N2. The van der Waals surface area contributed by atoms with E-state index in [-0.39, 0.29) is 0 Å². The van der Waals surface area contributed by atoms with Gasteiger partial charge in [-0.15, -0.1) is 0 Å². The summed E-state index contributed by atoms with van der Waals surface area (Å²) in [7, 11) is 3.79. The van der Waals surface area contributed by atoms with Gasteiger partial charge in [-0.25, -0.2) is 0 Å². The molecule has 0 aliphatic carbocycles. The van der Waals surface area contributed by atoms with E-state index in [0.717, 1.165) is 5.49 Å². The molecule has 54 valence electrons. The number of hydrogen-bond donors (Lipinski definition) is 0. The second kappa shape index (κ2) is 2.69. The molecule has 1 heterocycles. The quantitative estimate of drug-likeness (QED) is 0.503. The highest BCUT2D eigenvalue weighted by atomic mass is 15.0. The molecule has 10 heavy (non-hydrogen) atoms. The zero-order chi connectivity index (χ0) is 7.56. The Balaban J connectivity index is 3.37. The van der Waals surface area contributed by atoms with E-state index in [0.29, 0.717) is 0 Å². The zero-order valence-corrected chi connectivity index (χ0v) is 6.63. The number of hydrogen-bond acceptors (Lipinski definition) is 1. The summed E-state index contributed by atoms with van der Waals surface area (Å²) in [5, 5.41) is 0. The Hall–Kier alpha value is -1.05. The van der Waals surface area contributed by atoms with Crippen LogP contribution in [0.2, 0.25) is 0 Å². The molecular weight excluding hydrogens is 124 g/mol. The predicted octanol–water partition coefficient (Wildman–Crippen LogP) is 0.864. The second-order valence-corrected chi connectivity index (χ2v) is 2.40. The monoisotopic (exact) mass is 136 g/mol. The van der Waals surface area contributed by atoms with Crippen LogP contribution in [0.15, 0.2) is 23.3 Å². The molecule has 0 aliphatic rings. The van der Waals surface area contributed by atoms with Gasteiger partial charge >= 0.3 is 0 Å². The van der Waals surface area contributed by atoms with Crippen LogP contribution in [0.5, 0.6) is 0 Å². The van der Waals surface area contributed by atoms with Crippen LogP contribution in [-0.4, -0.2) is 11.6 Å². The van der Waals surface area contributed by atoms with E-state index >= 15 is 0 Å². The molecule has 2 nitrogen and oxygen atoms in total. The molecule has 0 saturated carbocycles. The normalized spacial score (nSPS) is 12.1.